The number of hydrogen-bond donors (Lipinski definition) is 1. The molecule has 0 spiro atoms. The Hall–Kier alpha value is -2.08. The van der Waals surface area contributed by atoms with Crippen molar-refractivity contribution >= 4 is 5.91 Å². The molecule has 6 heteroatoms. The van der Waals surface area contributed by atoms with Gasteiger partial charge in [-0.2, -0.15) is 4.68 Å². The molecule has 82 valence electrons. The second-order valence-corrected chi connectivity index (χ2v) is 3.39. The van der Waals surface area contributed by atoms with Gasteiger partial charge < -0.3 is 5.73 Å². The van der Waals surface area contributed by atoms with E-state index in [1.54, 1.807) is 0 Å². The fraction of sp³-hybridized carbons (Fsp3) is 0.200. The van der Waals surface area contributed by atoms with Crippen LogP contribution in [-0.2, 0) is 6.42 Å². The van der Waals surface area contributed by atoms with Gasteiger partial charge in [0.05, 0.1) is 6.04 Å². The largest absolute Gasteiger partial charge is 0.320 e. The lowest BCUT2D eigenvalue weighted by Crippen LogP contribution is -2.37. The second-order valence-electron chi connectivity index (χ2n) is 3.39. The van der Waals surface area contributed by atoms with Crippen LogP contribution in [0.25, 0.3) is 0 Å². The van der Waals surface area contributed by atoms with Crippen LogP contribution in [0.1, 0.15) is 10.4 Å². The summed E-state index contributed by atoms with van der Waals surface area (Å²) in [5.41, 5.74) is 6.79. The zero-order valence-corrected chi connectivity index (χ0v) is 8.52. The van der Waals surface area contributed by atoms with Gasteiger partial charge in [-0.05, 0) is 22.4 Å². The normalized spacial score (nSPS) is 12.3. The predicted octanol–water partition coefficient (Wildman–Crippen LogP) is -0.117. The first kappa shape index (κ1) is 10.4. The topological polar surface area (TPSA) is 86.7 Å². The number of benzene rings is 1. The molecule has 2 rings (SSSR count). The van der Waals surface area contributed by atoms with E-state index in [0.29, 0.717) is 6.42 Å². The maximum Gasteiger partial charge on any atom is 0.267 e. The summed E-state index contributed by atoms with van der Waals surface area (Å²) < 4.78 is 1.05. The van der Waals surface area contributed by atoms with Crippen molar-refractivity contribution in [2.75, 3.05) is 0 Å². The van der Waals surface area contributed by atoms with Crippen molar-refractivity contribution in [3.05, 3.63) is 42.2 Å². The van der Waals surface area contributed by atoms with E-state index in [1.165, 1.54) is 6.33 Å². The molecule has 1 unspecified atom stereocenters. The van der Waals surface area contributed by atoms with Crippen molar-refractivity contribution < 1.29 is 4.79 Å². The van der Waals surface area contributed by atoms with Gasteiger partial charge in [-0.3, -0.25) is 4.79 Å². The summed E-state index contributed by atoms with van der Waals surface area (Å²) in [6.45, 7) is 0. The Morgan fingerprint density at radius 2 is 2.12 bits per heavy atom. The molecule has 0 amide bonds. The van der Waals surface area contributed by atoms with Crippen molar-refractivity contribution in [2.24, 2.45) is 5.73 Å². The summed E-state index contributed by atoms with van der Waals surface area (Å²) in [6.07, 6.45) is 1.72. The summed E-state index contributed by atoms with van der Waals surface area (Å²) >= 11 is 0. The first-order valence-electron chi connectivity index (χ1n) is 4.84. The van der Waals surface area contributed by atoms with Gasteiger partial charge in [-0.15, -0.1) is 5.10 Å². The lowest BCUT2D eigenvalue weighted by atomic mass is 10.1. The molecule has 6 nitrogen and oxygen atoms in total. The van der Waals surface area contributed by atoms with Gasteiger partial charge in [0.15, 0.2) is 0 Å². The summed E-state index contributed by atoms with van der Waals surface area (Å²) in [5.74, 6) is -0.311. The van der Waals surface area contributed by atoms with E-state index in [1.807, 2.05) is 30.3 Å². The van der Waals surface area contributed by atoms with E-state index in [2.05, 4.69) is 15.5 Å². The van der Waals surface area contributed by atoms with Crippen LogP contribution >= 0.6 is 0 Å². The zero-order chi connectivity index (χ0) is 11.4. The first-order chi connectivity index (χ1) is 7.77. The quantitative estimate of drug-likeness (QED) is 0.724. The smallest absolute Gasteiger partial charge is 0.267 e. The number of nitrogens with two attached hydrogens (primary N) is 1. The standard InChI is InChI=1S/C10H11N5O/c11-9(6-8-4-2-1-3-5-8)10(16)15-7-12-13-14-15/h1-5,7,9H,6,11H2. The second kappa shape index (κ2) is 4.63. The third-order valence-corrected chi connectivity index (χ3v) is 2.19. The van der Waals surface area contributed by atoms with E-state index >= 15 is 0 Å². The van der Waals surface area contributed by atoms with Crippen LogP contribution in [0.3, 0.4) is 0 Å². The molecular formula is C10H11N5O. The van der Waals surface area contributed by atoms with E-state index in [-0.39, 0.29) is 5.91 Å². The molecule has 0 bridgehead atoms. The number of aromatic nitrogens is 4. The van der Waals surface area contributed by atoms with Gasteiger partial charge in [0, 0.05) is 0 Å². The lowest BCUT2D eigenvalue weighted by molar-refractivity contribution is 0.0860. The summed E-state index contributed by atoms with van der Waals surface area (Å²) in [7, 11) is 0. The number of nitrogens with zero attached hydrogens (tertiary/aromatic N) is 4. The molecule has 0 fully saturated rings. The third kappa shape index (κ3) is 2.29. The minimum atomic E-state index is -0.633. The van der Waals surface area contributed by atoms with Crippen molar-refractivity contribution in [1.29, 1.82) is 0 Å². The van der Waals surface area contributed by atoms with Crippen molar-refractivity contribution in [2.45, 2.75) is 12.5 Å². The summed E-state index contributed by atoms with van der Waals surface area (Å²) in [5, 5.41) is 10.3. The Morgan fingerprint density at radius 3 is 2.75 bits per heavy atom. The highest BCUT2D eigenvalue weighted by molar-refractivity contribution is 5.83. The first-order valence-corrected chi connectivity index (χ1v) is 4.84. The van der Waals surface area contributed by atoms with Gasteiger partial charge >= 0.3 is 0 Å². The molecule has 1 heterocycles. The number of tetrazole rings is 1. The fourth-order valence-electron chi connectivity index (χ4n) is 1.39. The molecule has 0 saturated carbocycles. The molecular weight excluding hydrogens is 206 g/mol. The van der Waals surface area contributed by atoms with E-state index < -0.39 is 6.04 Å². The average Bonchev–Trinajstić information content (AvgIpc) is 2.83. The van der Waals surface area contributed by atoms with Crippen LogP contribution in [0.5, 0.6) is 0 Å². The zero-order valence-electron chi connectivity index (χ0n) is 8.52. The maximum atomic E-state index is 11.7. The van der Waals surface area contributed by atoms with Crippen LogP contribution in [0.4, 0.5) is 0 Å². The van der Waals surface area contributed by atoms with Crippen LogP contribution in [0, 0.1) is 0 Å². The molecule has 2 N–H and O–H groups in total. The third-order valence-electron chi connectivity index (χ3n) is 2.19. The Labute approximate surface area is 92.1 Å². The van der Waals surface area contributed by atoms with Gasteiger partial charge in [0.1, 0.15) is 6.33 Å². The van der Waals surface area contributed by atoms with Crippen LogP contribution in [0.15, 0.2) is 36.7 Å². The van der Waals surface area contributed by atoms with E-state index in [9.17, 15) is 4.79 Å². The highest BCUT2D eigenvalue weighted by atomic mass is 16.2. The summed E-state index contributed by atoms with van der Waals surface area (Å²) in [4.78, 5) is 11.7. The minimum absolute atomic E-state index is 0.311. The molecule has 0 aliphatic heterocycles. The predicted molar refractivity (Wildman–Crippen MR) is 56.6 cm³/mol. The molecule has 0 aliphatic carbocycles. The number of rotatable bonds is 3. The highest BCUT2D eigenvalue weighted by Crippen LogP contribution is 2.02. The fourth-order valence-corrected chi connectivity index (χ4v) is 1.39. The Balaban J connectivity index is 2.04. The van der Waals surface area contributed by atoms with Crippen molar-refractivity contribution in [3.63, 3.8) is 0 Å². The van der Waals surface area contributed by atoms with Crippen LogP contribution in [0.2, 0.25) is 0 Å². The molecule has 0 aliphatic rings. The summed E-state index contributed by atoms with van der Waals surface area (Å²) in [6, 6.07) is 8.94. The number of hydrogen-bond acceptors (Lipinski definition) is 5. The molecule has 0 saturated heterocycles. The van der Waals surface area contributed by atoms with Crippen molar-refractivity contribution in [3.8, 4) is 0 Å². The monoisotopic (exact) mass is 217 g/mol. The SMILES string of the molecule is NC(Cc1ccccc1)C(=O)n1cnnn1. The van der Waals surface area contributed by atoms with Gasteiger partial charge in [-0.25, -0.2) is 0 Å². The Morgan fingerprint density at radius 1 is 1.38 bits per heavy atom. The molecule has 0 radical (unpaired) electrons. The van der Waals surface area contributed by atoms with Crippen LogP contribution in [-0.4, -0.2) is 32.2 Å². The molecule has 1 atom stereocenters. The Bertz CT molecular complexity index is 453. The maximum absolute atomic E-state index is 11.7. The number of carbonyl (C=O) groups is 1. The highest BCUT2D eigenvalue weighted by Gasteiger charge is 2.16. The van der Waals surface area contributed by atoms with Crippen LogP contribution < -0.4 is 5.73 Å². The number of carbonyl (C=O) groups excluding carboxylic acids is 1. The minimum Gasteiger partial charge on any atom is -0.320 e. The molecule has 1 aromatic carbocycles. The lowest BCUT2D eigenvalue weighted by Gasteiger charge is -2.08. The van der Waals surface area contributed by atoms with Gasteiger partial charge in [0.25, 0.3) is 5.91 Å². The van der Waals surface area contributed by atoms with Gasteiger partial charge in [-0.1, -0.05) is 30.3 Å². The van der Waals surface area contributed by atoms with Crippen molar-refractivity contribution in [1.82, 2.24) is 20.2 Å². The molecule has 1 aromatic heterocycles. The van der Waals surface area contributed by atoms with E-state index in [0.717, 1.165) is 10.2 Å². The van der Waals surface area contributed by atoms with Gasteiger partial charge in [0.2, 0.25) is 0 Å². The average molecular weight is 217 g/mol. The molecule has 16 heavy (non-hydrogen) atoms. The van der Waals surface area contributed by atoms with E-state index in [4.69, 9.17) is 5.73 Å². The molecule has 2 aromatic rings. The Kier molecular flexibility index (Phi) is 3.02.